The standard InChI is InChI=1S/C57H35N5OS/c1-3-16-34(17-4-1)36-23-14-29-47-50(36)42-24-13-28-46(54(42)63-47)61-44-26-10-7-20-37(44)39-32-33-40-38-21-8-11-27-45(38)62(53(40)52(39)61)57-59-55(35-18-5-2-6-19-35)58-56(60-57)43-25-15-31-49-51(43)41-22-9-12-30-48(41)64-49/h1-22,24-33,36H,23H2. The molecule has 0 amide bonds. The monoisotopic (exact) mass is 837 g/mol. The highest BCUT2D eigenvalue weighted by Crippen LogP contribution is 2.47. The van der Waals surface area contributed by atoms with Crippen LogP contribution in [0.2, 0.25) is 0 Å². The van der Waals surface area contributed by atoms with Gasteiger partial charge in [-0.1, -0.05) is 158 Å². The van der Waals surface area contributed by atoms with Gasteiger partial charge in [-0.3, -0.25) is 4.57 Å². The number of benzene rings is 8. The molecule has 5 aromatic heterocycles. The Morgan fingerprint density at radius 3 is 1.92 bits per heavy atom. The third kappa shape index (κ3) is 5.10. The molecule has 1 unspecified atom stereocenters. The molecule has 13 aromatic rings. The smallest absolute Gasteiger partial charge is 0.238 e. The summed E-state index contributed by atoms with van der Waals surface area (Å²) in [5, 5.41) is 8.01. The first kappa shape index (κ1) is 35.5. The summed E-state index contributed by atoms with van der Waals surface area (Å²) in [6.07, 6.45) is 5.32. The predicted molar refractivity (Wildman–Crippen MR) is 264 cm³/mol. The number of fused-ring (bicyclic) bond motifs is 13. The van der Waals surface area contributed by atoms with Crippen LogP contribution in [0.25, 0.3) is 115 Å². The van der Waals surface area contributed by atoms with Crippen LogP contribution in [0.5, 0.6) is 0 Å². The fourth-order valence-electron chi connectivity index (χ4n) is 10.4. The number of para-hydroxylation sites is 3. The van der Waals surface area contributed by atoms with E-state index >= 15 is 0 Å². The van der Waals surface area contributed by atoms with Gasteiger partial charge in [0.25, 0.3) is 0 Å². The second-order valence-corrected chi connectivity index (χ2v) is 17.7. The highest BCUT2D eigenvalue weighted by atomic mass is 32.1. The van der Waals surface area contributed by atoms with Crippen LogP contribution in [0, 0.1) is 0 Å². The van der Waals surface area contributed by atoms with E-state index in [0.717, 1.165) is 89.0 Å². The molecule has 0 saturated carbocycles. The minimum atomic E-state index is 0.194. The zero-order chi connectivity index (χ0) is 41.9. The van der Waals surface area contributed by atoms with Gasteiger partial charge in [-0.2, -0.15) is 9.97 Å². The topological polar surface area (TPSA) is 61.7 Å². The molecule has 64 heavy (non-hydrogen) atoms. The number of nitrogens with zero attached hydrogens (tertiary/aromatic N) is 5. The number of thiophene rings is 1. The molecule has 5 heterocycles. The molecule has 1 aliphatic rings. The lowest BCUT2D eigenvalue weighted by atomic mass is 9.84. The van der Waals surface area contributed by atoms with Gasteiger partial charge in [-0.05, 0) is 48.4 Å². The Bertz CT molecular complexity index is 4060. The maximum atomic E-state index is 7.02. The van der Waals surface area contributed by atoms with E-state index in [9.17, 15) is 0 Å². The minimum Gasteiger partial charge on any atom is -0.454 e. The SMILES string of the molecule is C1=Cc2oc3c(-n4c5ccccc5c5ccc6c7ccccc7n(-c7nc(-c8ccccc8)nc(-c8cccc9sc%10ccccc%10c89)n7)c6c54)cccc3c2C(c2ccccc2)C1. The molecule has 7 heteroatoms. The van der Waals surface area contributed by atoms with Crippen LogP contribution in [-0.2, 0) is 0 Å². The zero-order valence-electron chi connectivity index (χ0n) is 34.3. The average molecular weight is 838 g/mol. The Balaban J connectivity index is 1.11. The van der Waals surface area contributed by atoms with Crippen molar-refractivity contribution in [3.63, 3.8) is 0 Å². The lowest BCUT2D eigenvalue weighted by Crippen LogP contribution is -2.07. The summed E-state index contributed by atoms with van der Waals surface area (Å²) in [6.45, 7) is 0. The van der Waals surface area contributed by atoms with Gasteiger partial charge in [0.2, 0.25) is 5.95 Å². The van der Waals surface area contributed by atoms with Crippen molar-refractivity contribution < 1.29 is 4.42 Å². The molecule has 0 fully saturated rings. The van der Waals surface area contributed by atoms with Crippen molar-refractivity contribution in [3.8, 4) is 34.4 Å². The van der Waals surface area contributed by atoms with Gasteiger partial charge < -0.3 is 8.98 Å². The quantitative estimate of drug-likeness (QED) is 0.173. The number of hydrogen-bond donors (Lipinski definition) is 0. The molecule has 0 aliphatic heterocycles. The van der Waals surface area contributed by atoms with Gasteiger partial charge in [0, 0.05) is 69.7 Å². The molecule has 1 aliphatic carbocycles. The summed E-state index contributed by atoms with van der Waals surface area (Å²) in [7, 11) is 0. The zero-order valence-corrected chi connectivity index (χ0v) is 35.1. The number of allylic oxidation sites excluding steroid dienone is 1. The van der Waals surface area contributed by atoms with Crippen molar-refractivity contribution in [1.82, 2.24) is 24.1 Å². The molecule has 14 rings (SSSR count). The first-order valence-electron chi connectivity index (χ1n) is 21.7. The maximum Gasteiger partial charge on any atom is 0.238 e. The Morgan fingerprint density at radius 2 is 1.12 bits per heavy atom. The van der Waals surface area contributed by atoms with E-state index in [-0.39, 0.29) is 5.92 Å². The second-order valence-electron chi connectivity index (χ2n) is 16.6. The Morgan fingerprint density at radius 1 is 0.500 bits per heavy atom. The van der Waals surface area contributed by atoms with Crippen molar-refractivity contribution in [2.24, 2.45) is 0 Å². The van der Waals surface area contributed by atoms with Crippen LogP contribution in [0.3, 0.4) is 0 Å². The lowest BCUT2D eigenvalue weighted by molar-refractivity contribution is 0.588. The van der Waals surface area contributed by atoms with Gasteiger partial charge in [0.15, 0.2) is 17.2 Å². The van der Waals surface area contributed by atoms with Crippen LogP contribution in [0.15, 0.2) is 192 Å². The summed E-state index contributed by atoms with van der Waals surface area (Å²) >= 11 is 1.80. The first-order chi connectivity index (χ1) is 31.8. The van der Waals surface area contributed by atoms with Crippen LogP contribution in [-0.4, -0.2) is 24.1 Å². The molecule has 1 atom stereocenters. The molecule has 300 valence electrons. The molecular weight excluding hydrogens is 803 g/mol. The van der Waals surface area contributed by atoms with Gasteiger partial charge >= 0.3 is 0 Å². The number of rotatable bonds is 5. The molecular formula is C57H35N5OS. The highest BCUT2D eigenvalue weighted by molar-refractivity contribution is 7.25. The summed E-state index contributed by atoms with van der Waals surface area (Å²) in [5.41, 5.74) is 10.5. The van der Waals surface area contributed by atoms with Crippen molar-refractivity contribution in [3.05, 3.63) is 205 Å². The van der Waals surface area contributed by atoms with E-state index in [1.807, 2.05) is 18.2 Å². The van der Waals surface area contributed by atoms with Gasteiger partial charge in [0.05, 0.1) is 27.8 Å². The van der Waals surface area contributed by atoms with Crippen LogP contribution >= 0.6 is 11.3 Å². The lowest BCUT2D eigenvalue weighted by Gasteiger charge is -2.19. The average Bonchev–Trinajstić information content (AvgIpc) is 4.12. The van der Waals surface area contributed by atoms with E-state index in [0.29, 0.717) is 17.6 Å². The van der Waals surface area contributed by atoms with Crippen molar-refractivity contribution >= 4 is 92.2 Å². The Hall–Kier alpha value is -8.13. The van der Waals surface area contributed by atoms with E-state index in [4.69, 9.17) is 19.4 Å². The number of furan rings is 1. The van der Waals surface area contributed by atoms with Gasteiger partial charge in [-0.15, -0.1) is 11.3 Å². The predicted octanol–water partition coefficient (Wildman–Crippen LogP) is 15.1. The number of aromatic nitrogens is 5. The third-order valence-electron chi connectivity index (χ3n) is 13.2. The van der Waals surface area contributed by atoms with Gasteiger partial charge in [0.1, 0.15) is 5.76 Å². The fourth-order valence-corrected chi connectivity index (χ4v) is 11.6. The largest absolute Gasteiger partial charge is 0.454 e. The summed E-state index contributed by atoms with van der Waals surface area (Å²) in [5.74, 6) is 2.91. The molecule has 8 aromatic carbocycles. The molecule has 0 N–H and O–H groups in total. The van der Waals surface area contributed by atoms with Crippen LogP contribution < -0.4 is 0 Å². The van der Waals surface area contributed by atoms with Crippen molar-refractivity contribution in [2.45, 2.75) is 12.3 Å². The third-order valence-corrected chi connectivity index (χ3v) is 14.3. The first-order valence-corrected chi connectivity index (χ1v) is 22.5. The van der Waals surface area contributed by atoms with Crippen LogP contribution in [0.1, 0.15) is 29.2 Å². The summed E-state index contributed by atoms with van der Waals surface area (Å²) in [4.78, 5) is 16.2. The summed E-state index contributed by atoms with van der Waals surface area (Å²) < 4.78 is 14.1. The normalized spacial score (nSPS) is 14.0. The second kappa shape index (κ2) is 13.7. The Kier molecular flexibility index (Phi) is 7.58. The van der Waals surface area contributed by atoms with Gasteiger partial charge in [-0.25, -0.2) is 4.98 Å². The van der Waals surface area contributed by atoms with E-state index in [1.54, 1.807) is 11.3 Å². The number of hydrogen-bond acceptors (Lipinski definition) is 5. The van der Waals surface area contributed by atoms with Crippen LogP contribution in [0.4, 0.5) is 0 Å². The molecule has 0 spiro atoms. The maximum absolute atomic E-state index is 7.02. The van der Waals surface area contributed by atoms with Crippen molar-refractivity contribution in [1.29, 1.82) is 0 Å². The fraction of sp³-hybridized carbons (Fsp3) is 0.0351. The molecule has 6 nitrogen and oxygen atoms in total. The van der Waals surface area contributed by atoms with Crippen molar-refractivity contribution in [2.75, 3.05) is 0 Å². The molecule has 0 radical (unpaired) electrons. The van der Waals surface area contributed by atoms with E-state index in [2.05, 4.69) is 185 Å². The summed E-state index contributed by atoms with van der Waals surface area (Å²) in [6, 6.07) is 64.7. The van der Waals surface area contributed by atoms with E-state index in [1.165, 1.54) is 25.9 Å². The highest BCUT2D eigenvalue weighted by Gasteiger charge is 2.29. The Labute approximate surface area is 370 Å². The van der Waals surface area contributed by atoms with E-state index < -0.39 is 0 Å². The molecule has 0 saturated heterocycles. The minimum absolute atomic E-state index is 0.194. The molecule has 0 bridgehead atoms.